The zero-order valence-corrected chi connectivity index (χ0v) is 16.2. The van der Waals surface area contributed by atoms with E-state index in [1.54, 1.807) is 22.9 Å². The molecule has 3 rings (SSSR count). The van der Waals surface area contributed by atoms with Crippen LogP contribution >= 0.6 is 0 Å². The number of likely N-dealkylation sites (N-methyl/N-ethyl adjacent to an activating group) is 1. The van der Waals surface area contributed by atoms with Gasteiger partial charge in [-0.25, -0.2) is 4.79 Å². The van der Waals surface area contributed by atoms with E-state index in [-0.39, 0.29) is 24.7 Å². The van der Waals surface area contributed by atoms with Crippen LogP contribution in [0.3, 0.4) is 0 Å². The summed E-state index contributed by atoms with van der Waals surface area (Å²) in [6.07, 6.45) is 3.19. The fourth-order valence-electron chi connectivity index (χ4n) is 3.33. The number of nitrogens with zero attached hydrogens (tertiary/aromatic N) is 5. The van der Waals surface area contributed by atoms with Crippen molar-refractivity contribution in [1.29, 1.82) is 0 Å². The minimum Gasteiger partial charge on any atom is -0.480 e. The number of carboxylic acids is 1. The summed E-state index contributed by atoms with van der Waals surface area (Å²) in [6.45, 7) is 3.04. The maximum absolute atomic E-state index is 12.4. The number of benzene rings is 1. The van der Waals surface area contributed by atoms with Gasteiger partial charge in [0.05, 0.1) is 25.0 Å². The Balaban J connectivity index is 1.46. The van der Waals surface area contributed by atoms with E-state index < -0.39 is 5.97 Å². The number of rotatable bonds is 8. The average Bonchev–Trinajstić information content (AvgIpc) is 3.11. The van der Waals surface area contributed by atoms with E-state index >= 15 is 0 Å². The Hall–Kier alpha value is -2.94. The zero-order valence-electron chi connectivity index (χ0n) is 16.2. The van der Waals surface area contributed by atoms with Crippen molar-refractivity contribution in [2.24, 2.45) is 0 Å². The van der Waals surface area contributed by atoms with Crippen LogP contribution in [0.4, 0.5) is 4.79 Å². The molecule has 2 N–H and O–H groups in total. The van der Waals surface area contributed by atoms with Crippen LogP contribution in [-0.4, -0.2) is 74.1 Å². The van der Waals surface area contributed by atoms with Gasteiger partial charge in [0.1, 0.15) is 5.69 Å². The molecule has 9 nitrogen and oxygen atoms in total. The highest BCUT2D eigenvalue weighted by atomic mass is 16.4. The third-order valence-corrected chi connectivity index (χ3v) is 4.97. The van der Waals surface area contributed by atoms with Crippen LogP contribution in [0.2, 0.25) is 0 Å². The number of hydrogen-bond acceptors (Lipinski definition) is 5. The number of amides is 2. The van der Waals surface area contributed by atoms with E-state index in [4.69, 9.17) is 5.11 Å². The highest BCUT2D eigenvalue weighted by Crippen LogP contribution is 2.25. The molecule has 1 aromatic carbocycles. The van der Waals surface area contributed by atoms with E-state index in [0.29, 0.717) is 18.8 Å². The SMILES string of the molecule is CCN(CC(=O)O)C1CC(NC(=O)N(C)Cc2cnn(-c3ccccc3)n2)C1. The van der Waals surface area contributed by atoms with Crippen molar-refractivity contribution in [1.82, 2.24) is 30.1 Å². The van der Waals surface area contributed by atoms with Crippen molar-refractivity contribution < 1.29 is 14.7 Å². The van der Waals surface area contributed by atoms with E-state index in [0.717, 1.165) is 18.5 Å². The molecule has 2 aromatic rings. The molecule has 150 valence electrons. The van der Waals surface area contributed by atoms with E-state index in [1.165, 1.54) is 0 Å². The van der Waals surface area contributed by atoms with Gasteiger partial charge in [0.25, 0.3) is 0 Å². The molecular weight excluding hydrogens is 360 g/mol. The van der Waals surface area contributed by atoms with Gasteiger partial charge in [-0.05, 0) is 31.5 Å². The van der Waals surface area contributed by atoms with E-state index in [9.17, 15) is 9.59 Å². The van der Waals surface area contributed by atoms with Gasteiger partial charge in [-0.2, -0.15) is 15.0 Å². The molecule has 1 heterocycles. The lowest BCUT2D eigenvalue weighted by Crippen LogP contribution is -2.56. The summed E-state index contributed by atoms with van der Waals surface area (Å²) in [5.74, 6) is -0.822. The molecular formula is C19H26N6O3. The molecule has 0 atom stereocenters. The van der Waals surface area contributed by atoms with Gasteiger partial charge in [-0.1, -0.05) is 25.1 Å². The summed E-state index contributed by atoms with van der Waals surface area (Å²) in [4.78, 5) is 28.3. The number of carbonyl (C=O) groups excluding carboxylic acids is 1. The monoisotopic (exact) mass is 386 g/mol. The summed E-state index contributed by atoms with van der Waals surface area (Å²) >= 11 is 0. The molecule has 1 aromatic heterocycles. The quantitative estimate of drug-likeness (QED) is 0.710. The molecule has 0 aliphatic heterocycles. The van der Waals surface area contributed by atoms with Crippen molar-refractivity contribution in [3.63, 3.8) is 0 Å². The number of carbonyl (C=O) groups is 2. The molecule has 0 unspecified atom stereocenters. The minimum atomic E-state index is -0.822. The lowest BCUT2D eigenvalue weighted by atomic mass is 9.85. The van der Waals surface area contributed by atoms with Gasteiger partial charge in [0, 0.05) is 19.1 Å². The molecule has 0 saturated heterocycles. The normalized spacial score (nSPS) is 18.5. The van der Waals surface area contributed by atoms with Crippen molar-refractivity contribution in [3.05, 3.63) is 42.2 Å². The van der Waals surface area contributed by atoms with Crippen LogP contribution in [0.15, 0.2) is 36.5 Å². The van der Waals surface area contributed by atoms with Crippen molar-refractivity contribution in [3.8, 4) is 5.69 Å². The maximum Gasteiger partial charge on any atom is 0.317 e. The Morgan fingerprint density at radius 2 is 2.00 bits per heavy atom. The summed E-state index contributed by atoms with van der Waals surface area (Å²) < 4.78 is 0. The van der Waals surface area contributed by atoms with Gasteiger partial charge in [-0.15, -0.1) is 0 Å². The Bertz CT molecular complexity index is 803. The second kappa shape index (κ2) is 8.83. The molecule has 1 aliphatic carbocycles. The third kappa shape index (κ3) is 4.86. The predicted molar refractivity (Wildman–Crippen MR) is 103 cm³/mol. The van der Waals surface area contributed by atoms with Gasteiger partial charge in [-0.3, -0.25) is 9.69 Å². The first-order valence-corrected chi connectivity index (χ1v) is 9.40. The lowest BCUT2D eigenvalue weighted by Gasteiger charge is -2.42. The van der Waals surface area contributed by atoms with Crippen LogP contribution in [0.25, 0.3) is 5.69 Å². The van der Waals surface area contributed by atoms with Crippen LogP contribution in [0.1, 0.15) is 25.5 Å². The number of nitrogens with one attached hydrogen (secondary N) is 1. The van der Waals surface area contributed by atoms with Crippen molar-refractivity contribution >= 4 is 12.0 Å². The number of aliphatic carboxylic acids is 1. The van der Waals surface area contributed by atoms with Crippen LogP contribution < -0.4 is 5.32 Å². The van der Waals surface area contributed by atoms with Crippen LogP contribution in [-0.2, 0) is 11.3 Å². The van der Waals surface area contributed by atoms with Gasteiger partial charge in [0.15, 0.2) is 0 Å². The topological polar surface area (TPSA) is 104 Å². The fraction of sp³-hybridized carbons (Fsp3) is 0.474. The predicted octanol–water partition coefficient (Wildman–Crippen LogP) is 1.35. The van der Waals surface area contributed by atoms with E-state index in [1.807, 2.05) is 42.2 Å². The smallest absolute Gasteiger partial charge is 0.317 e. The van der Waals surface area contributed by atoms with Gasteiger partial charge >= 0.3 is 12.0 Å². The van der Waals surface area contributed by atoms with Crippen LogP contribution in [0.5, 0.6) is 0 Å². The number of para-hydroxylation sites is 1. The highest BCUT2D eigenvalue weighted by Gasteiger charge is 2.35. The van der Waals surface area contributed by atoms with Crippen molar-refractivity contribution in [2.45, 2.75) is 38.4 Å². The Morgan fingerprint density at radius 1 is 1.29 bits per heavy atom. The maximum atomic E-state index is 12.4. The second-order valence-electron chi connectivity index (χ2n) is 7.05. The number of urea groups is 1. The highest BCUT2D eigenvalue weighted by molar-refractivity contribution is 5.74. The zero-order chi connectivity index (χ0) is 20.1. The molecule has 28 heavy (non-hydrogen) atoms. The molecule has 1 saturated carbocycles. The van der Waals surface area contributed by atoms with Gasteiger partial charge in [0.2, 0.25) is 0 Å². The number of aromatic nitrogens is 3. The average molecular weight is 386 g/mol. The molecule has 2 amide bonds. The molecule has 9 heteroatoms. The summed E-state index contributed by atoms with van der Waals surface area (Å²) in [7, 11) is 1.72. The summed E-state index contributed by atoms with van der Waals surface area (Å²) in [5, 5.41) is 20.6. The molecule has 0 radical (unpaired) electrons. The van der Waals surface area contributed by atoms with Crippen molar-refractivity contribution in [2.75, 3.05) is 20.1 Å². The first-order chi connectivity index (χ1) is 13.5. The fourth-order valence-corrected chi connectivity index (χ4v) is 3.33. The molecule has 1 aliphatic rings. The second-order valence-corrected chi connectivity index (χ2v) is 7.05. The lowest BCUT2D eigenvalue weighted by molar-refractivity contribution is -0.139. The van der Waals surface area contributed by atoms with E-state index in [2.05, 4.69) is 15.5 Å². The third-order valence-electron chi connectivity index (χ3n) is 4.97. The first-order valence-electron chi connectivity index (χ1n) is 9.40. The summed E-state index contributed by atoms with van der Waals surface area (Å²) in [6, 6.07) is 9.71. The minimum absolute atomic E-state index is 0.0405. The summed E-state index contributed by atoms with van der Waals surface area (Å²) in [5.41, 5.74) is 1.56. The molecule has 0 bridgehead atoms. The molecule has 1 fully saturated rings. The largest absolute Gasteiger partial charge is 0.480 e. The standard InChI is InChI=1S/C19H26N6O3/c1-3-24(13-18(26)27)17-9-14(10-17)21-19(28)23(2)12-15-11-20-25(22-15)16-7-5-4-6-8-16/h4-8,11,14,17H,3,9-10,12-13H2,1-2H3,(H,21,28)(H,26,27). The van der Waals surface area contributed by atoms with Crippen LogP contribution in [0, 0.1) is 0 Å². The first kappa shape index (κ1) is 19.8. The Labute approximate surface area is 163 Å². The number of hydrogen-bond donors (Lipinski definition) is 2. The van der Waals surface area contributed by atoms with Gasteiger partial charge < -0.3 is 15.3 Å². The number of carboxylic acid groups (broad SMARTS) is 1. The Morgan fingerprint density at radius 3 is 2.64 bits per heavy atom. The molecule has 0 spiro atoms. The Kier molecular flexibility index (Phi) is 6.25.